The lowest BCUT2D eigenvalue weighted by Gasteiger charge is -2.47. The van der Waals surface area contributed by atoms with Crippen LogP contribution in [0.1, 0.15) is 53.5 Å². The van der Waals surface area contributed by atoms with Crippen molar-refractivity contribution >= 4 is 11.7 Å². The molecule has 2 aliphatic heterocycles. The minimum absolute atomic E-state index is 0.116. The summed E-state index contributed by atoms with van der Waals surface area (Å²) in [6, 6.07) is 6.62. The number of hydrogen-bond donors (Lipinski definition) is 1. The Balaban J connectivity index is 1.34. The highest BCUT2D eigenvalue weighted by molar-refractivity contribution is 5.90. The molecule has 0 radical (unpaired) electrons. The van der Waals surface area contributed by atoms with Crippen molar-refractivity contribution in [2.75, 3.05) is 37.6 Å². The monoisotopic (exact) mass is 454 g/mol. The van der Waals surface area contributed by atoms with Gasteiger partial charge in [-0.05, 0) is 63.4 Å². The van der Waals surface area contributed by atoms with E-state index < -0.39 is 5.91 Å². The number of aryl methyl sites for hydroxylation is 2. The van der Waals surface area contributed by atoms with Crippen LogP contribution in [-0.4, -0.2) is 70.5 Å². The molecule has 0 saturated carbocycles. The Bertz CT molecular complexity index is 991. The number of carbonyl (C=O) groups excluding carboxylic acids is 1. The van der Waals surface area contributed by atoms with Crippen molar-refractivity contribution in [3.05, 3.63) is 52.7 Å². The summed E-state index contributed by atoms with van der Waals surface area (Å²) < 4.78 is 13.9. The molecule has 0 spiro atoms. The van der Waals surface area contributed by atoms with Crippen LogP contribution in [-0.2, 0) is 6.54 Å². The van der Waals surface area contributed by atoms with Gasteiger partial charge in [0.1, 0.15) is 17.3 Å². The molecule has 1 aromatic carbocycles. The van der Waals surface area contributed by atoms with Gasteiger partial charge in [0.2, 0.25) is 0 Å². The first kappa shape index (κ1) is 23.6. The summed E-state index contributed by atoms with van der Waals surface area (Å²) in [4.78, 5) is 27.6. The lowest BCUT2D eigenvalue weighted by Crippen LogP contribution is -2.58. The number of nitrogens with two attached hydrogens (primary N) is 1. The van der Waals surface area contributed by atoms with Crippen molar-refractivity contribution in [3.63, 3.8) is 0 Å². The van der Waals surface area contributed by atoms with E-state index in [1.807, 2.05) is 19.1 Å². The zero-order valence-electron chi connectivity index (χ0n) is 19.9. The van der Waals surface area contributed by atoms with Gasteiger partial charge in [-0.15, -0.1) is 0 Å². The van der Waals surface area contributed by atoms with Crippen molar-refractivity contribution in [1.82, 2.24) is 19.8 Å². The molecule has 2 N–H and O–H groups in total. The number of halogens is 1. The first-order valence-electron chi connectivity index (χ1n) is 12.0. The van der Waals surface area contributed by atoms with Crippen LogP contribution in [0.25, 0.3) is 0 Å². The predicted molar refractivity (Wildman–Crippen MR) is 128 cm³/mol. The van der Waals surface area contributed by atoms with Gasteiger partial charge in [0.05, 0.1) is 11.9 Å². The molecule has 4 rings (SSSR count). The summed E-state index contributed by atoms with van der Waals surface area (Å²) in [6.07, 6.45) is 4.83. The molecule has 2 fully saturated rings. The Labute approximate surface area is 195 Å². The summed E-state index contributed by atoms with van der Waals surface area (Å²) >= 11 is 0. The maximum atomic E-state index is 13.9. The molecular weight excluding hydrogens is 419 g/mol. The van der Waals surface area contributed by atoms with E-state index in [1.165, 1.54) is 6.20 Å². The van der Waals surface area contributed by atoms with Gasteiger partial charge in [-0.1, -0.05) is 19.1 Å². The molecule has 8 heteroatoms. The number of piperazine rings is 1. The highest BCUT2D eigenvalue weighted by Gasteiger charge is 2.34. The van der Waals surface area contributed by atoms with Crippen LogP contribution >= 0.6 is 0 Å². The van der Waals surface area contributed by atoms with Crippen LogP contribution in [0.15, 0.2) is 24.4 Å². The first-order chi connectivity index (χ1) is 15.9. The number of likely N-dealkylation sites (tertiary alicyclic amines) is 1. The van der Waals surface area contributed by atoms with E-state index >= 15 is 0 Å². The molecule has 178 valence electrons. The smallest absolute Gasteiger partial charge is 0.268 e. The van der Waals surface area contributed by atoms with E-state index in [0.717, 1.165) is 75.6 Å². The fourth-order valence-electron chi connectivity index (χ4n) is 5.21. The van der Waals surface area contributed by atoms with Crippen LogP contribution < -0.4 is 10.6 Å². The third-order valence-electron chi connectivity index (χ3n) is 7.14. The van der Waals surface area contributed by atoms with E-state index in [1.54, 1.807) is 13.0 Å². The summed E-state index contributed by atoms with van der Waals surface area (Å²) in [5.41, 5.74) is 8.05. The Morgan fingerprint density at radius 3 is 2.58 bits per heavy atom. The third-order valence-corrected chi connectivity index (χ3v) is 7.14. The van der Waals surface area contributed by atoms with E-state index in [9.17, 15) is 9.18 Å². The van der Waals surface area contributed by atoms with Crippen molar-refractivity contribution in [2.24, 2.45) is 5.73 Å². The number of rotatable bonds is 6. The lowest BCUT2D eigenvalue weighted by molar-refractivity contribution is 0.0610. The Morgan fingerprint density at radius 1 is 1.18 bits per heavy atom. The second kappa shape index (κ2) is 10.1. The molecule has 1 atom stereocenters. The van der Waals surface area contributed by atoms with Gasteiger partial charge in [-0.25, -0.2) is 14.4 Å². The molecule has 3 heterocycles. The maximum Gasteiger partial charge on any atom is 0.268 e. The first-order valence-corrected chi connectivity index (χ1v) is 12.0. The van der Waals surface area contributed by atoms with Crippen molar-refractivity contribution in [2.45, 2.75) is 58.7 Å². The van der Waals surface area contributed by atoms with E-state index in [4.69, 9.17) is 5.73 Å². The molecule has 2 aromatic rings. The largest absolute Gasteiger partial charge is 0.364 e. The van der Waals surface area contributed by atoms with E-state index in [-0.39, 0.29) is 11.5 Å². The van der Waals surface area contributed by atoms with Gasteiger partial charge in [-0.2, -0.15) is 0 Å². The number of carbonyl (C=O) groups is 1. The van der Waals surface area contributed by atoms with Crippen molar-refractivity contribution < 1.29 is 9.18 Å². The molecule has 0 bridgehead atoms. The second-order valence-corrected chi connectivity index (χ2v) is 9.37. The summed E-state index contributed by atoms with van der Waals surface area (Å²) in [7, 11) is 0. The summed E-state index contributed by atoms with van der Waals surface area (Å²) in [6.45, 7) is 11.6. The van der Waals surface area contributed by atoms with Crippen LogP contribution in [0.2, 0.25) is 0 Å². The zero-order chi connectivity index (χ0) is 23.5. The third kappa shape index (κ3) is 5.33. The molecule has 2 aliphatic rings. The van der Waals surface area contributed by atoms with Gasteiger partial charge in [-0.3, -0.25) is 14.6 Å². The predicted octanol–water partition coefficient (Wildman–Crippen LogP) is 2.90. The Kier molecular flexibility index (Phi) is 7.24. The zero-order valence-corrected chi connectivity index (χ0v) is 19.9. The number of primary amides is 1. The average molecular weight is 455 g/mol. The van der Waals surface area contributed by atoms with Crippen molar-refractivity contribution in [1.29, 1.82) is 0 Å². The topological polar surface area (TPSA) is 78.6 Å². The highest BCUT2D eigenvalue weighted by Crippen LogP contribution is 2.27. The maximum absolute atomic E-state index is 13.9. The minimum atomic E-state index is -0.549. The number of anilines is 1. The quantitative estimate of drug-likeness (QED) is 0.723. The van der Waals surface area contributed by atoms with Crippen LogP contribution in [0.3, 0.4) is 0 Å². The number of piperidine rings is 1. The molecule has 1 aromatic heterocycles. The lowest BCUT2D eigenvalue weighted by atomic mass is 9.97. The second-order valence-electron chi connectivity index (χ2n) is 9.37. The number of nitrogens with zero attached hydrogens (tertiary/aromatic N) is 5. The average Bonchev–Trinajstić information content (AvgIpc) is 2.81. The molecular formula is C25H35FN6O. The number of benzene rings is 1. The molecule has 0 aliphatic carbocycles. The fourth-order valence-corrected chi connectivity index (χ4v) is 5.21. The Morgan fingerprint density at radius 2 is 1.94 bits per heavy atom. The van der Waals surface area contributed by atoms with Crippen LogP contribution in [0.5, 0.6) is 0 Å². The number of hydrogen-bond acceptors (Lipinski definition) is 6. The van der Waals surface area contributed by atoms with Gasteiger partial charge >= 0.3 is 0 Å². The summed E-state index contributed by atoms with van der Waals surface area (Å²) in [5, 5.41) is 0. The van der Waals surface area contributed by atoms with Gasteiger partial charge in [0, 0.05) is 38.3 Å². The van der Waals surface area contributed by atoms with Crippen LogP contribution in [0, 0.1) is 19.7 Å². The molecule has 1 amide bonds. The van der Waals surface area contributed by atoms with E-state index in [0.29, 0.717) is 17.6 Å². The molecule has 33 heavy (non-hydrogen) atoms. The van der Waals surface area contributed by atoms with E-state index in [2.05, 4.69) is 31.6 Å². The standard InChI is InChI=1S/C25H35FN6O/c1-4-20-16-31(25-18(3)29-23(14-28-25)24(27)33)11-12-32(20)21-7-9-30(10-8-21)15-19-6-5-17(2)22(26)13-19/h5-6,13-14,20-21H,4,7-12,15-16H2,1-3H3,(H2,27,33)/t20-/m0/s1. The number of aromatic nitrogens is 2. The minimum Gasteiger partial charge on any atom is -0.364 e. The number of amides is 1. The van der Waals surface area contributed by atoms with Gasteiger partial charge in [0.15, 0.2) is 0 Å². The van der Waals surface area contributed by atoms with Crippen LogP contribution in [0.4, 0.5) is 10.2 Å². The molecule has 7 nitrogen and oxygen atoms in total. The van der Waals surface area contributed by atoms with Gasteiger partial charge in [0.25, 0.3) is 5.91 Å². The fraction of sp³-hybridized carbons (Fsp3) is 0.560. The van der Waals surface area contributed by atoms with Gasteiger partial charge < -0.3 is 10.6 Å². The normalized spacial score (nSPS) is 20.8. The highest BCUT2D eigenvalue weighted by atomic mass is 19.1. The Hall–Kier alpha value is -2.58. The SMILES string of the molecule is CC[C@H]1CN(c2ncc(C(N)=O)nc2C)CCN1C1CCN(Cc2ccc(C)c(F)c2)CC1. The molecule has 0 unspecified atom stereocenters. The molecule has 2 saturated heterocycles. The summed E-state index contributed by atoms with van der Waals surface area (Å²) in [5.74, 6) is 0.181. The van der Waals surface area contributed by atoms with Crippen molar-refractivity contribution in [3.8, 4) is 0 Å².